The second kappa shape index (κ2) is 16.3. The summed E-state index contributed by atoms with van der Waals surface area (Å²) < 4.78 is 101. The number of rotatable bonds is 14. The number of anilines is 2. The molecule has 6 aromatic rings. The Labute approximate surface area is 327 Å². The van der Waals surface area contributed by atoms with Crippen molar-refractivity contribution in [3.05, 3.63) is 82.9 Å². The maximum Gasteiger partial charge on any atom is 0.416 e. The Morgan fingerprint density at radius 3 is 1.37 bits per heavy atom. The van der Waals surface area contributed by atoms with Gasteiger partial charge >= 0.3 is 12.4 Å². The molecule has 0 amide bonds. The average Bonchev–Trinajstić information content (AvgIpc) is 3.98. The van der Waals surface area contributed by atoms with Crippen LogP contribution in [0.5, 0.6) is 0 Å². The van der Waals surface area contributed by atoms with Crippen molar-refractivity contribution in [3.8, 4) is 41.8 Å². The fourth-order valence-corrected chi connectivity index (χ4v) is 10.3. The molecule has 14 heteroatoms. The second-order valence-corrected chi connectivity index (χ2v) is 16.8. The van der Waals surface area contributed by atoms with E-state index in [9.17, 15) is 26.3 Å². The molecule has 0 saturated carbocycles. The topological polar surface area (TPSA) is 49.8 Å². The van der Waals surface area contributed by atoms with E-state index in [-0.39, 0.29) is 0 Å². The fraction of sp³-hybridized carbons (Fsp3) is 0.350. The smallest absolute Gasteiger partial charge is 0.309 e. The van der Waals surface area contributed by atoms with Crippen LogP contribution in [-0.4, -0.2) is 8.75 Å². The van der Waals surface area contributed by atoms with Crippen LogP contribution in [0.4, 0.5) is 37.7 Å². The predicted molar refractivity (Wildman–Crippen MR) is 215 cm³/mol. The van der Waals surface area contributed by atoms with Crippen molar-refractivity contribution in [2.24, 2.45) is 0 Å². The van der Waals surface area contributed by atoms with Gasteiger partial charge in [-0.3, -0.25) is 0 Å². The maximum atomic E-state index is 14.2. The quantitative estimate of drug-likeness (QED) is 0.0651. The number of benzene rings is 3. The Morgan fingerprint density at radius 2 is 0.963 bits per heavy atom. The molecule has 54 heavy (non-hydrogen) atoms. The molecule has 4 nitrogen and oxygen atoms in total. The summed E-state index contributed by atoms with van der Waals surface area (Å²) >= 11 is 5.12. The molecule has 1 aliphatic heterocycles. The van der Waals surface area contributed by atoms with Gasteiger partial charge in [0.15, 0.2) is 0 Å². The van der Waals surface area contributed by atoms with E-state index in [1.54, 1.807) is 24.3 Å². The molecular weight excluding hydrogens is 779 g/mol. The number of nitrogens with zero attached hydrogens (tertiary/aromatic N) is 2. The minimum atomic E-state index is -4.46. The Bertz CT molecular complexity index is 2100. The Kier molecular flexibility index (Phi) is 11.6. The number of aromatic nitrogens is 2. The van der Waals surface area contributed by atoms with Crippen molar-refractivity contribution >= 4 is 68.9 Å². The molecule has 0 unspecified atom stereocenters. The number of fused-ring (bicyclic) bond motifs is 2. The van der Waals surface area contributed by atoms with Gasteiger partial charge < -0.3 is 9.44 Å². The van der Waals surface area contributed by atoms with Gasteiger partial charge in [-0.25, -0.2) is 0 Å². The Hall–Kier alpha value is -3.59. The van der Waals surface area contributed by atoms with Crippen LogP contribution in [0.3, 0.4) is 0 Å². The number of hydrogen-bond donors (Lipinski definition) is 2. The van der Waals surface area contributed by atoms with Gasteiger partial charge in [0.1, 0.15) is 11.0 Å². The van der Waals surface area contributed by atoms with Gasteiger partial charge in [0.25, 0.3) is 0 Å². The molecule has 0 bridgehead atoms. The monoisotopic (exact) mass is 816 g/mol. The lowest BCUT2D eigenvalue weighted by Crippen LogP contribution is -2.09. The summed E-state index contributed by atoms with van der Waals surface area (Å²) in [4.78, 5) is 3.05. The molecule has 0 saturated heterocycles. The van der Waals surface area contributed by atoms with Crippen LogP contribution in [-0.2, 0) is 25.2 Å². The van der Waals surface area contributed by atoms with Gasteiger partial charge in [0, 0.05) is 30.6 Å². The van der Waals surface area contributed by atoms with Crippen molar-refractivity contribution < 1.29 is 26.3 Å². The minimum absolute atomic E-state index is 0.322. The molecule has 0 spiro atoms. The first-order valence-corrected chi connectivity index (χ1v) is 21.3. The molecule has 0 fully saturated rings. The predicted octanol–water partition coefficient (Wildman–Crippen LogP) is 15.2. The highest BCUT2D eigenvalue weighted by atomic mass is 32.2. The van der Waals surface area contributed by atoms with Gasteiger partial charge in [-0.1, -0.05) is 76.6 Å². The van der Waals surface area contributed by atoms with Gasteiger partial charge in [-0.2, -0.15) is 35.1 Å². The minimum Gasteiger partial charge on any atom is -0.309 e. The zero-order chi connectivity index (χ0) is 38.0. The van der Waals surface area contributed by atoms with E-state index in [1.807, 2.05) is 24.3 Å². The summed E-state index contributed by atoms with van der Waals surface area (Å²) in [6.07, 6.45) is -0.870. The van der Waals surface area contributed by atoms with Gasteiger partial charge in [0.05, 0.1) is 46.4 Å². The highest BCUT2D eigenvalue weighted by molar-refractivity contribution is 8.02. The molecule has 0 radical (unpaired) electrons. The second-order valence-electron chi connectivity index (χ2n) is 13.5. The van der Waals surface area contributed by atoms with E-state index in [4.69, 9.17) is 0 Å². The molecule has 7 rings (SSSR count). The number of hydrogen-bond acceptors (Lipinski definition) is 8. The summed E-state index contributed by atoms with van der Waals surface area (Å²) in [5.74, 6) is 0. The van der Waals surface area contributed by atoms with Crippen LogP contribution in [0.15, 0.2) is 60.7 Å². The third-order valence-corrected chi connectivity index (χ3v) is 13.2. The summed E-state index contributed by atoms with van der Waals surface area (Å²) in [6.45, 7) is 4.15. The largest absolute Gasteiger partial charge is 0.416 e. The van der Waals surface area contributed by atoms with E-state index in [0.717, 1.165) is 95.4 Å². The zero-order valence-corrected chi connectivity index (χ0v) is 32.9. The van der Waals surface area contributed by atoms with Crippen molar-refractivity contribution in [1.29, 1.82) is 0 Å². The van der Waals surface area contributed by atoms with Crippen molar-refractivity contribution in [2.75, 3.05) is 9.44 Å². The molecule has 3 aromatic carbocycles. The average molecular weight is 817 g/mol. The summed E-state index contributed by atoms with van der Waals surface area (Å²) in [7, 11) is 0. The third-order valence-electron chi connectivity index (χ3n) is 9.72. The van der Waals surface area contributed by atoms with Crippen LogP contribution in [0.1, 0.15) is 87.5 Å². The highest BCUT2D eigenvalue weighted by Crippen LogP contribution is 2.55. The SMILES string of the molecule is CCCCCCc1ccc(-c2ccc(-c3c4c(c(-c5ccc(-c6ccc(CCCCCC)c(C(F)(F)F)c6)s5)c5nsnc35)NSN4)s2)cc1C(F)(F)F. The number of alkyl halides is 6. The molecular formula is C40H38F6N4S4. The molecule has 284 valence electrons. The molecule has 0 aliphatic carbocycles. The number of nitrogens with one attached hydrogen (secondary N) is 2. The first kappa shape index (κ1) is 38.7. The number of unbranched alkanes of at least 4 members (excludes halogenated alkanes) is 6. The summed E-state index contributed by atoms with van der Waals surface area (Å²) in [5.41, 5.74) is 4.85. The van der Waals surface area contributed by atoms with Crippen molar-refractivity contribution in [3.63, 3.8) is 0 Å². The number of thiophene rings is 2. The number of halogens is 6. The van der Waals surface area contributed by atoms with E-state index >= 15 is 0 Å². The normalized spacial score (nSPS) is 13.0. The molecule has 3 aromatic heterocycles. The first-order chi connectivity index (χ1) is 26.0. The number of aryl methyl sites for hydroxylation is 2. The lowest BCUT2D eigenvalue weighted by Gasteiger charge is -2.14. The summed E-state index contributed by atoms with van der Waals surface area (Å²) in [5, 5.41) is 0. The molecule has 1 aliphatic rings. The van der Waals surface area contributed by atoms with E-state index in [0.29, 0.717) is 55.9 Å². The lowest BCUT2D eigenvalue weighted by molar-refractivity contribution is -0.139. The van der Waals surface area contributed by atoms with Crippen LogP contribution in [0, 0.1) is 0 Å². The van der Waals surface area contributed by atoms with Gasteiger partial charge in [0.2, 0.25) is 0 Å². The maximum absolute atomic E-state index is 14.2. The van der Waals surface area contributed by atoms with Crippen LogP contribution < -0.4 is 9.44 Å². The van der Waals surface area contributed by atoms with Crippen molar-refractivity contribution in [1.82, 2.24) is 8.75 Å². The van der Waals surface area contributed by atoms with E-state index < -0.39 is 23.5 Å². The van der Waals surface area contributed by atoms with E-state index in [1.165, 1.54) is 46.9 Å². The van der Waals surface area contributed by atoms with E-state index in [2.05, 4.69) is 32.0 Å². The molecule has 0 atom stereocenters. The van der Waals surface area contributed by atoms with Crippen LogP contribution in [0.25, 0.3) is 52.8 Å². The summed E-state index contributed by atoms with van der Waals surface area (Å²) in [6, 6.07) is 16.8. The fourth-order valence-electron chi connectivity index (χ4n) is 6.98. The van der Waals surface area contributed by atoms with Crippen LogP contribution in [0.2, 0.25) is 0 Å². The Morgan fingerprint density at radius 1 is 0.537 bits per heavy atom. The molecule has 2 N–H and O–H groups in total. The zero-order valence-electron chi connectivity index (χ0n) is 29.6. The highest BCUT2D eigenvalue weighted by Gasteiger charge is 2.35. The van der Waals surface area contributed by atoms with Gasteiger partial charge in [-0.15, -0.1) is 22.7 Å². The van der Waals surface area contributed by atoms with Crippen LogP contribution >= 0.6 is 46.5 Å². The molecule has 4 heterocycles. The van der Waals surface area contributed by atoms with Crippen molar-refractivity contribution in [2.45, 2.75) is 90.4 Å². The lowest BCUT2D eigenvalue weighted by atomic mass is 9.97. The Balaban J connectivity index is 1.22. The first-order valence-electron chi connectivity index (χ1n) is 18.1. The van der Waals surface area contributed by atoms with Gasteiger partial charge in [-0.05, 0) is 84.3 Å². The standard InChI is InChI=1S/C40H38F6N4S4/c1-3-5-7-9-11-23-13-15-25(21-27(23)39(41,42)43)29-17-19-31(51-29)33-35-37(49-53-47-35)34(38-36(33)48-54-50-38)32-20-18-30(52-32)26-16-14-24(12-10-8-6-4-2)28(22-26)40(44,45)46/h13-22,47,49H,3-12H2,1-2H3. The third kappa shape index (κ3) is 8.03.